The molecule has 0 heterocycles. The summed E-state index contributed by atoms with van der Waals surface area (Å²) in [4.78, 5) is 2.13. The van der Waals surface area contributed by atoms with Crippen LogP contribution in [0.2, 0.25) is 5.02 Å². The van der Waals surface area contributed by atoms with Gasteiger partial charge >= 0.3 is 0 Å². The number of nitrogens with zero attached hydrogens (tertiary/aromatic N) is 1. The Labute approximate surface area is 109 Å². The molecule has 0 fully saturated rings. The Kier molecular flexibility index (Phi) is 5.75. The molecule has 17 heavy (non-hydrogen) atoms. The van der Waals surface area contributed by atoms with E-state index in [2.05, 4.69) is 29.3 Å². The highest BCUT2D eigenvalue weighted by Crippen LogP contribution is 2.27. The Hall–Kier alpha value is -0.770. The molecule has 1 aromatic carbocycles. The predicted octanol–water partition coefficient (Wildman–Crippen LogP) is 2.53. The van der Waals surface area contributed by atoms with E-state index < -0.39 is 0 Å². The summed E-state index contributed by atoms with van der Waals surface area (Å²) < 4.78 is 5.15. The summed E-state index contributed by atoms with van der Waals surface area (Å²) in [5.74, 6) is 0. The molecule has 0 aliphatic heterocycles. The Balaban J connectivity index is 2.83. The monoisotopic (exact) mass is 256 g/mol. The lowest BCUT2D eigenvalue weighted by Gasteiger charge is -2.27. The lowest BCUT2D eigenvalue weighted by Crippen LogP contribution is -2.32. The van der Waals surface area contributed by atoms with Gasteiger partial charge in [-0.05, 0) is 31.7 Å². The van der Waals surface area contributed by atoms with Crippen LogP contribution in [0.5, 0.6) is 0 Å². The van der Waals surface area contributed by atoms with Gasteiger partial charge in [0.1, 0.15) is 0 Å². The molecule has 1 atom stereocenters. The third-order valence-corrected chi connectivity index (χ3v) is 3.14. The van der Waals surface area contributed by atoms with E-state index in [1.54, 1.807) is 7.11 Å². The van der Waals surface area contributed by atoms with Crippen molar-refractivity contribution in [3.8, 4) is 0 Å². The minimum atomic E-state index is 0.299. The van der Waals surface area contributed by atoms with Crippen molar-refractivity contribution < 1.29 is 4.74 Å². The van der Waals surface area contributed by atoms with Crippen LogP contribution >= 0.6 is 11.6 Å². The molecule has 4 heteroatoms. The van der Waals surface area contributed by atoms with E-state index >= 15 is 0 Å². The molecule has 96 valence electrons. The zero-order valence-electron chi connectivity index (χ0n) is 11.0. The van der Waals surface area contributed by atoms with Crippen molar-refractivity contribution in [1.29, 1.82) is 0 Å². The van der Waals surface area contributed by atoms with Gasteiger partial charge in [-0.25, -0.2) is 0 Å². The average molecular weight is 257 g/mol. The number of hydrogen-bond acceptors (Lipinski definition) is 3. The van der Waals surface area contributed by atoms with Crippen molar-refractivity contribution in [3.05, 3.63) is 28.8 Å². The first-order valence-corrected chi connectivity index (χ1v) is 6.12. The van der Waals surface area contributed by atoms with Gasteiger partial charge in [0.25, 0.3) is 0 Å². The van der Waals surface area contributed by atoms with E-state index in [-0.39, 0.29) is 0 Å². The number of ether oxygens (including phenoxy) is 1. The molecule has 1 N–H and O–H groups in total. The highest BCUT2D eigenvalue weighted by Gasteiger charge is 2.12. The molecule has 0 aliphatic rings. The van der Waals surface area contributed by atoms with Gasteiger partial charge < -0.3 is 15.0 Å². The van der Waals surface area contributed by atoms with Gasteiger partial charge in [0.15, 0.2) is 0 Å². The average Bonchev–Trinajstić information content (AvgIpc) is 2.29. The van der Waals surface area contributed by atoms with Crippen LogP contribution in [0.4, 0.5) is 5.69 Å². The molecule has 1 aromatic rings. The number of rotatable bonds is 6. The number of halogens is 1. The van der Waals surface area contributed by atoms with Gasteiger partial charge in [-0.1, -0.05) is 17.7 Å². The Morgan fingerprint density at radius 3 is 2.71 bits per heavy atom. The smallest absolute Gasteiger partial charge is 0.0663 e. The first kappa shape index (κ1) is 14.3. The van der Waals surface area contributed by atoms with Crippen LogP contribution in [0, 0.1) is 0 Å². The highest BCUT2D eigenvalue weighted by molar-refractivity contribution is 6.33. The fourth-order valence-electron chi connectivity index (χ4n) is 1.74. The van der Waals surface area contributed by atoms with Gasteiger partial charge in [0.05, 0.1) is 17.3 Å². The van der Waals surface area contributed by atoms with Crippen molar-refractivity contribution >= 4 is 17.3 Å². The summed E-state index contributed by atoms with van der Waals surface area (Å²) in [7, 11) is 5.67. The predicted molar refractivity (Wildman–Crippen MR) is 74.0 cm³/mol. The van der Waals surface area contributed by atoms with Crippen LogP contribution in [0.15, 0.2) is 18.2 Å². The van der Waals surface area contributed by atoms with Crippen molar-refractivity contribution in [2.45, 2.75) is 19.5 Å². The minimum Gasteiger partial charge on any atom is -0.383 e. The summed E-state index contributed by atoms with van der Waals surface area (Å²) in [6.45, 7) is 3.63. The van der Waals surface area contributed by atoms with Crippen molar-refractivity contribution in [1.82, 2.24) is 5.32 Å². The molecule has 0 saturated heterocycles. The van der Waals surface area contributed by atoms with Crippen molar-refractivity contribution in [2.24, 2.45) is 0 Å². The second kappa shape index (κ2) is 6.84. The molecule has 0 aromatic heterocycles. The topological polar surface area (TPSA) is 24.5 Å². The lowest BCUT2D eigenvalue weighted by atomic mass is 10.1. The van der Waals surface area contributed by atoms with Crippen LogP contribution in [0.3, 0.4) is 0 Å². The van der Waals surface area contributed by atoms with Crippen LogP contribution in [0.1, 0.15) is 12.5 Å². The Bertz CT molecular complexity index is 357. The van der Waals surface area contributed by atoms with Gasteiger partial charge in [0, 0.05) is 26.7 Å². The van der Waals surface area contributed by atoms with Crippen LogP contribution in [-0.2, 0) is 11.3 Å². The maximum atomic E-state index is 6.29. The van der Waals surface area contributed by atoms with E-state index in [1.165, 1.54) is 5.56 Å². The van der Waals surface area contributed by atoms with Gasteiger partial charge in [-0.15, -0.1) is 0 Å². The molecule has 0 spiro atoms. The van der Waals surface area contributed by atoms with Crippen LogP contribution < -0.4 is 10.2 Å². The number of benzene rings is 1. The Morgan fingerprint density at radius 1 is 1.47 bits per heavy atom. The summed E-state index contributed by atoms with van der Waals surface area (Å²) in [5, 5.41) is 3.89. The molecule has 0 amide bonds. The van der Waals surface area contributed by atoms with Crippen LogP contribution in [0.25, 0.3) is 0 Å². The molecular weight excluding hydrogens is 236 g/mol. The first-order valence-electron chi connectivity index (χ1n) is 5.75. The SMILES string of the molecule is CNCc1ccc(N(C)C(C)COC)c(Cl)c1. The fourth-order valence-corrected chi connectivity index (χ4v) is 2.08. The van der Waals surface area contributed by atoms with Gasteiger partial charge in [-0.3, -0.25) is 0 Å². The number of likely N-dealkylation sites (N-methyl/N-ethyl adjacent to an activating group) is 1. The number of hydrogen-bond donors (Lipinski definition) is 1. The molecule has 0 radical (unpaired) electrons. The zero-order valence-corrected chi connectivity index (χ0v) is 11.7. The van der Waals surface area contributed by atoms with E-state index in [9.17, 15) is 0 Å². The Morgan fingerprint density at radius 2 is 2.18 bits per heavy atom. The molecule has 0 saturated carbocycles. The third kappa shape index (κ3) is 3.87. The second-order valence-corrected chi connectivity index (χ2v) is 4.64. The van der Waals surface area contributed by atoms with E-state index in [0.29, 0.717) is 12.6 Å². The summed E-state index contributed by atoms with van der Waals surface area (Å²) in [6.07, 6.45) is 0. The number of methoxy groups -OCH3 is 1. The van der Waals surface area contributed by atoms with Gasteiger partial charge in [0.2, 0.25) is 0 Å². The maximum absolute atomic E-state index is 6.29. The highest BCUT2D eigenvalue weighted by atomic mass is 35.5. The molecule has 1 rings (SSSR count). The number of anilines is 1. The first-order chi connectivity index (χ1) is 8.10. The normalized spacial score (nSPS) is 12.5. The third-order valence-electron chi connectivity index (χ3n) is 2.84. The summed E-state index contributed by atoms with van der Waals surface area (Å²) in [5.41, 5.74) is 2.23. The van der Waals surface area contributed by atoms with Gasteiger partial charge in [-0.2, -0.15) is 0 Å². The van der Waals surface area contributed by atoms with E-state index in [4.69, 9.17) is 16.3 Å². The standard InChI is InChI=1S/C13H21ClN2O/c1-10(9-17-4)16(3)13-6-5-11(8-15-2)7-12(13)14/h5-7,10,15H,8-9H2,1-4H3. The zero-order chi connectivity index (χ0) is 12.8. The van der Waals surface area contributed by atoms with E-state index in [0.717, 1.165) is 17.3 Å². The minimum absolute atomic E-state index is 0.299. The molecule has 1 unspecified atom stereocenters. The van der Waals surface area contributed by atoms with Crippen molar-refractivity contribution in [2.75, 3.05) is 32.7 Å². The number of nitrogens with one attached hydrogen (secondary N) is 1. The van der Waals surface area contributed by atoms with Crippen molar-refractivity contribution in [3.63, 3.8) is 0 Å². The van der Waals surface area contributed by atoms with Crippen LogP contribution in [-0.4, -0.2) is 33.9 Å². The molecular formula is C13H21ClN2O. The summed E-state index contributed by atoms with van der Waals surface area (Å²) >= 11 is 6.29. The molecule has 0 aliphatic carbocycles. The molecule has 0 bridgehead atoms. The summed E-state index contributed by atoms with van der Waals surface area (Å²) in [6, 6.07) is 6.45. The largest absolute Gasteiger partial charge is 0.383 e. The second-order valence-electron chi connectivity index (χ2n) is 4.23. The van der Waals surface area contributed by atoms with E-state index in [1.807, 2.05) is 20.2 Å². The maximum Gasteiger partial charge on any atom is 0.0663 e. The molecule has 3 nitrogen and oxygen atoms in total. The quantitative estimate of drug-likeness (QED) is 0.847. The fraction of sp³-hybridized carbons (Fsp3) is 0.538. The lowest BCUT2D eigenvalue weighted by molar-refractivity contribution is 0.183.